The molecule has 3 aliphatic rings. The highest BCUT2D eigenvalue weighted by Gasteiger charge is 2.53. The first kappa shape index (κ1) is 11.0. The largest absolute Gasteiger partial charge is 0.316 e. The van der Waals surface area contributed by atoms with E-state index < -0.39 is 0 Å². The van der Waals surface area contributed by atoms with Crippen molar-refractivity contribution in [1.29, 1.82) is 0 Å². The maximum absolute atomic E-state index is 3.63. The summed E-state index contributed by atoms with van der Waals surface area (Å²) in [6.07, 6.45) is 8.68. The molecule has 0 aromatic heterocycles. The van der Waals surface area contributed by atoms with Gasteiger partial charge >= 0.3 is 0 Å². The lowest BCUT2D eigenvalue weighted by molar-refractivity contribution is 0.0633. The van der Waals surface area contributed by atoms with Gasteiger partial charge in [-0.3, -0.25) is 4.90 Å². The Kier molecular flexibility index (Phi) is 2.97. The van der Waals surface area contributed by atoms with Crippen LogP contribution >= 0.6 is 0 Å². The van der Waals surface area contributed by atoms with Crippen LogP contribution in [-0.2, 0) is 0 Å². The molecular weight excluding hydrogens is 196 g/mol. The van der Waals surface area contributed by atoms with Crippen molar-refractivity contribution in [3.05, 3.63) is 0 Å². The van der Waals surface area contributed by atoms with E-state index in [0.29, 0.717) is 5.41 Å². The average molecular weight is 222 g/mol. The monoisotopic (exact) mass is 222 g/mol. The number of rotatable bonds is 2. The third-order valence-corrected chi connectivity index (χ3v) is 5.50. The fourth-order valence-corrected chi connectivity index (χ4v) is 4.77. The standard InChI is InChI=1S/C14H26N2/c1-2-4-12-11-15-8-6-14(12)7-10-16-9-3-5-13(14)16/h12-13,15H,2-11H2,1H3. The fourth-order valence-electron chi connectivity index (χ4n) is 4.77. The van der Waals surface area contributed by atoms with Crippen LogP contribution in [0.3, 0.4) is 0 Å². The van der Waals surface area contributed by atoms with Gasteiger partial charge in [0, 0.05) is 6.04 Å². The molecule has 0 amide bonds. The number of nitrogens with zero attached hydrogens (tertiary/aromatic N) is 1. The third-order valence-electron chi connectivity index (χ3n) is 5.50. The van der Waals surface area contributed by atoms with Gasteiger partial charge in [0.05, 0.1) is 0 Å². The number of nitrogens with one attached hydrogen (secondary N) is 1. The first-order valence-electron chi connectivity index (χ1n) is 7.31. The van der Waals surface area contributed by atoms with E-state index in [2.05, 4.69) is 17.1 Å². The van der Waals surface area contributed by atoms with Crippen molar-refractivity contribution in [2.24, 2.45) is 11.3 Å². The van der Waals surface area contributed by atoms with Crippen LogP contribution < -0.4 is 5.32 Å². The number of hydrogen-bond donors (Lipinski definition) is 1. The first-order valence-corrected chi connectivity index (χ1v) is 7.31. The summed E-state index contributed by atoms with van der Waals surface area (Å²) in [4.78, 5) is 2.80. The molecule has 3 rings (SSSR count). The fraction of sp³-hybridized carbons (Fsp3) is 1.00. The van der Waals surface area contributed by atoms with E-state index in [-0.39, 0.29) is 0 Å². The average Bonchev–Trinajstić information content (AvgIpc) is 2.87. The zero-order valence-electron chi connectivity index (χ0n) is 10.7. The summed E-state index contributed by atoms with van der Waals surface area (Å²) in [6.45, 7) is 7.69. The predicted octanol–water partition coefficient (Wildman–Crippen LogP) is 2.25. The van der Waals surface area contributed by atoms with Crippen LogP contribution in [0.2, 0.25) is 0 Å². The summed E-state index contributed by atoms with van der Waals surface area (Å²) < 4.78 is 0. The molecule has 0 saturated carbocycles. The van der Waals surface area contributed by atoms with Gasteiger partial charge in [0.15, 0.2) is 0 Å². The third kappa shape index (κ3) is 1.53. The minimum Gasteiger partial charge on any atom is -0.316 e. The first-order chi connectivity index (χ1) is 7.87. The van der Waals surface area contributed by atoms with Crippen molar-refractivity contribution in [2.75, 3.05) is 26.2 Å². The highest BCUT2D eigenvalue weighted by Crippen LogP contribution is 2.52. The number of piperidine rings is 1. The van der Waals surface area contributed by atoms with Gasteiger partial charge in [-0.05, 0) is 69.6 Å². The van der Waals surface area contributed by atoms with Crippen LogP contribution in [0.15, 0.2) is 0 Å². The van der Waals surface area contributed by atoms with Crippen molar-refractivity contribution >= 4 is 0 Å². The second-order valence-electron chi connectivity index (χ2n) is 6.12. The molecule has 92 valence electrons. The van der Waals surface area contributed by atoms with Crippen molar-refractivity contribution in [1.82, 2.24) is 10.2 Å². The summed E-state index contributed by atoms with van der Waals surface area (Å²) in [5.74, 6) is 0.958. The Hall–Kier alpha value is -0.0800. The molecule has 3 heterocycles. The van der Waals surface area contributed by atoms with E-state index in [0.717, 1.165) is 12.0 Å². The summed E-state index contributed by atoms with van der Waals surface area (Å²) in [6, 6.07) is 0.950. The molecule has 16 heavy (non-hydrogen) atoms. The molecule has 3 unspecified atom stereocenters. The Morgan fingerprint density at radius 1 is 1.31 bits per heavy atom. The maximum Gasteiger partial charge on any atom is 0.0156 e. The minimum absolute atomic E-state index is 0.706. The number of fused-ring (bicyclic) bond motifs is 2. The van der Waals surface area contributed by atoms with E-state index in [1.165, 1.54) is 64.7 Å². The SMILES string of the molecule is CCCC1CNCCC12CCN1CCCC12. The van der Waals surface area contributed by atoms with Crippen LogP contribution in [0.25, 0.3) is 0 Å². The van der Waals surface area contributed by atoms with Gasteiger partial charge in [-0.2, -0.15) is 0 Å². The van der Waals surface area contributed by atoms with Crippen LogP contribution in [0.4, 0.5) is 0 Å². The molecule has 3 atom stereocenters. The van der Waals surface area contributed by atoms with Gasteiger partial charge in [0.1, 0.15) is 0 Å². The van der Waals surface area contributed by atoms with E-state index in [1.807, 2.05) is 0 Å². The van der Waals surface area contributed by atoms with Gasteiger partial charge in [-0.15, -0.1) is 0 Å². The van der Waals surface area contributed by atoms with Crippen LogP contribution in [-0.4, -0.2) is 37.1 Å². The second-order valence-corrected chi connectivity index (χ2v) is 6.12. The molecule has 2 heteroatoms. The summed E-state index contributed by atoms with van der Waals surface area (Å²) in [5.41, 5.74) is 0.706. The second kappa shape index (κ2) is 4.30. The molecule has 0 bridgehead atoms. The molecule has 2 nitrogen and oxygen atoms in total. The lowest BCUT2D eigenvalue weighted by Crippen LogP contribution is -2.50. The van der Waals surface area contributed by atoms with Crippen molar-refractivity contribution < 1.29 is 0 Å². The Bertz CT molecular complexity index is 247. The van der Waals surface area contributed by atoms with Crippen molar-refractivity contribution in [3.8, 4) is 0 Å². The summed E-state index contributed by atoms with van der Waals surface area (Å²) >= 11 is 0. The molecule has 3 fully saturated rings. The predicted molar refractivity (Wildman–Crippen MR) is 67.5 cm³/mol. The Morgan fingerprint density at radius 2 is 2.25 bits per heavy atom. The van der Waals surface area contributed by atoms with Gasteiger partial charge in [0.25, 0.3) is 0 Å². The molecular formula is C14H26N2. The smallest absolute Gasteiger partial charge is 0.0156 e. The molecule has 0 aromatic rings. The van der Waals surface area contributed by atoms with Crippen molar-refractivity contribution in [2.45, 2.75) is 51.5 Å². The lowest BCUT2D eigenvalue weighted by atomic mass is 9.64. The zero-order chi connectivity index (χ0) is 11.0. The molecule has 1 spiro atoms. The Balaban J connectivity index is 1.82. The van der Waals surface area contributed by atoms with E-state index in [4.69, 9.17) is 0 Å². The van der Waals surface area contributed by atoms with Gasteiger partial charge in [-0.1, -0.05) is 13.3 Å². The van der Waals surface area contributed by atoms with Crippen LogP contribution in [0.5, 0.6) is 0 Å². The van der Waals surface area contributed by atoms with Gasteiger partial charge < -0.3 is 5.32 Å². The van der Waals surface area contributed by atoms with Crippen molar-refractivity contribution in [3.63, 3.8) is 0 Å². The van der Waals surface area contributed by atoms with E-state index >= 15 is 0 Å². The summed E-state index contributed by atoms with van der Waals surface area (Å²) in [5, 5.41) is 3.63. The topological polar surface area (TPSA) is 15.3 Å². The van der Waals surface area contributed by atoms with E-state index in [1.54, 1.807) is 0 Å². The molecule has 3 saturated heterocycles. The minimum atomic E-state index is 0.706. The van der Waals surface area contributed by atoms with Crippen LogP contribution in [0.1, 0.15) is 45.4 Å². The highest BCUT2D eigenvalue weighted by molar-refractivity contribution is 5.06. The van der Waals surface area contributed by atoms with Gasteiger partial charge in [0.2, 0.25) is 0 Å². The number of hydrogen-bond acceptors (Lipinski definition) is 2. The normalized spacial score (nSPS) is 44.1. The lowest BCUT2D eigenvalue weighted by Gasteiger charge is -2.46. The Morgan fingerprint density at radius 3 is 3.12 bits per heavy atom. The molecule has 0 aliphatic carbocycles. The molecule has 1 N–H and O–H groups in total. The Labute approximate surface area is 99.8 Å². The van der Waals surface area contributed by atoms with Gasteiger partial charge in [-0.25, -0.2) is 0 Å². The van der Waals surface area contributed by atoms with E-state index in [9.17, 15) is 0 Å². The molecule has 3 aliphatic heterocycles. The molecule has 0 radical (unpaired) electrons. The highest BCUT2D eigenvalue weighted by atomic mass is 15.2. The maximum atomic E-state index is 3.63. The summed E-state index contributed by atoms with van der Waals surface area (Å²) in [7, 11) is 0. The van der Waals surface area contributed by atoms with Crippen LogP contribution in [0, 0.1) is 11.3 Å². The quantitative estimate of drug-likeness (QED) is 0.771. The zero-order valence-corrected chi connectivity index (χ0v) is 10.7. The molecule has 0 aromatic carbocycles.